The van der Waals surface area contributed by atoms with Crippen molar-refractivity contribution < 1.29 is 150 Å². The highest BCUT2D eigenvalue weighted by molar-refractivity contribution is 7.80. The van der Waals surface area contributed by atoms with Gasteiger partial charge in [-0.25, -0.2) is 0 Å². The van der Waals surface area contributed by atoms with Crippen LogP contribution in [0.15, 0.2) is 0 Å². The smallest absolute Gasteiger partial charge is 0.303 e. The fourth-order valence-corrected chi connectivity index (χ4v) is 8.30. The Morgan fingerprint density at radius 2 is 0.595 bits per heavy atom. The maximum atomic E-state index is 14.3. The molecule has 0 saturated heterocycles. The maximum absolute atomic E-state index is 14.3. The molecule has 0 spiro atoms. The lowest BCUT2D eigenvalue weighted by Gasteiger charge is -2.32. The molecule has 0 radical (unpaired) electrons. The van der Waals surface area contributed by atoms with E-state index in [-0.39, 0.29) is 12.2 Å². The fraction of sp³-hybridized carbons (Fsp3) is 0.776. The Hall–Kier alpha value is -5.32. The molecule has 0 unspecified atom stereocenters. The average molecular weight is 1240 g/mol. The second-order valence-corrected chi connectivity index (χ2v) is 20.4. The largest absolute Gasteiger partial charge is 0.481 e. The number of ketones is 4. The highest BCUT2D eigenvalue weighted by Gasteiger charge is 2.45. The van der Waals surface area contributed by atoms with E-state index in [0.717, 1.165) is 0 Å². The van der Waals surface area contributed by atoms with Crippen molar-refractivity contribution in [3.05, 3.63) is 0 Å². The molecule has 0 fully saturated rings. The Bertz CT molecular complexity index is 2160. The minimum atomic E-state index is -2.72. The molecular weight excluding hydrogens is 1160 g/mol. The van der Waals surface area contributed by atoms with Gasteiger partial charge in [0.1, 0.15) is 54.6 Å². The first kappa shape index (κ1) is 78.7. The summed E-state index contributed by atoms with van der Waals surface area (Å²) in [4.78, 5) is 146. The van der Waals surface area contributed by atoms with Gasteiger partial charge in [-0.1, -0.05) is 6.92 Å². The van der Waals surface area contributed by atoms with Crippen LogP contribution in [-0.4, -0.2) is 291 Å². The topological polar surface area (TPSA) is 620 Å². The SMILES string of the molecule is CCC(=O)C[C@@H](C(=O)N[C@@H](CCC(=O)O)C(=O)C[C@@H](C(=O)N[C@@H](CCC(=O)O)C(=O)C[C@@H](C(=O)N[C@@H](CCC(=O)O)C(=O)C[C@@H](C(=O)N[C@H](C)CS)[C@@H](O)[C@H](O)[C@H](O)CO)[C@@H](O)[C@H](O)[C@H](O)CO)[C@@H](O)[C@H](O)[C@H](O)CO)[C@@H](O)[C@H](O)[C@H](O)CO. The van der Waals surface area contributed by atoms with E-state index in [1.165, 1.54) is 13.8 Å². The molecule has 0 heterocycles. The average Bonchev–Trinajstić information content (AvgIpc) is 3.64. The quantitative estimate of drug-likeness (QED) is 0.0252. The number of carbonyl (C=O) groups is 11. The fourth-order valence-electron chi connectivity index (χ4n) is 8.21. The number of hydrogen-bond acceptors (Lipinski definition) is 28. The van der Waals surface area contributed by atoms with Gasteiger partial charge in [-0.2, -0.15) is 12.6 Å². The molecule has 0 aliphatic carbocycles. The second-order valence-electron chi connectivity index (χ2n) is 20.0. The van der Waals surface area contributed by atoms with E-state index in [0.29, 0.717) is 0 Å². The van der Waals surface area contributed by atoms with Crippen LogP contribution in [0, 0.1) is 23.7 Å². The van der Waals surface area contributed by atoms with E-state index in [1.54, 1.807) is 0 Å². The molecule has 0 aromatic carbocycles. The third-order valence-corrected chi connectivity index (χ3v) is 14.1. The highest BCUT2D eigenvalue weighted by Crippen LogP contribution is 2.25. The summed E-state index contributed by atoms with van der Waals surface area (Å²) in [6.45, 7) is -2.28. The van der Waals surface area contributed by atoms with Gasteiger partial charge in [0.25, 0.3) is 0 Å². The van der Waals surface area contributed by atoms with Gasteiger partial charge in [0.2, 0.25) is 23.6 Å². The highest BCUT2D eigenvalue weighted by atomic mass is 32.1. The summed E-state index contributed by atoms with van der Waals surface area (Å²) < 4.78 is 0. The summed E-state index contributed by atoms with van der Waals surface area (Å²) in [7, 11) is 0. The van der Waals surface area contributed by atoms with Crippen LogP contribution in [0.5, 0.6) is 0 Å². The normalized spacial score (nSPS) is 18.9. The molecule has 0 aliphatic heterocycles. The number of aliphatic hydroxyl groups excluding tert-OH is 16. The van der Waals surface area contributed by atoms with Crippen LogP contribution in [0.4, 0.5) is 0 Å². The predicted octanol–water partition coefficient (Wildman–Crippen LogP) is -10.5. The second kappa shape index (κ2) is 39.4. The molecule has 0 aliphatic rings. The van der Waals surface area contributed by atoms with Crippen LogP contribution >= 0.6 is 12.6 Å². The monoisotopic (exact) mass is 1240 g/mol. The molecular formula is C49H82N4O30S. The van der Waals surface area contributed by atoms with E-state index in [9.17, 15) is 150 Å². The number of nitrogens with one attached hydrogen (secondary N) is 4. The van der Waals surface area contributed by atoms with E-state index in [1.807, 2.05) is 16.0 Å². The van der Waals surface area contributed by atoms with Crippen LogP contribution in [0.25, 0.3) is 0 Å². The molecule has 34 nitrogen and oxygen atoms in total. The van der Waals surface area contributed by atoms with Gasteiger partial charge in [-0.05, 0) is 26.2 Å². The van der Waals surface area contributed by atoms with E-state index in [2.05, 4.69) is 17.9 Å². The summed E-state index contributed by atoms with van der Waals surface area (Å²) in [6.07, 6.45) is -40.0. The Morgan fingerprint density at radius 1 is 0.369 bits per heavy atom. The van der Waals surface area contributed by atoms with E-state index >= 15 is 0 Å². The summed E-state index contributed by atoms with van der Waals surface area (Å²) in [5.41, 5.74) is 0. The molecule has 0 bridgehead atoms. The number of Topliss-reactive ketones (excluding diaryl/α,β-unsaturated/α-hetero) is 4. The molecule has 23 N–H and O–H groups in total. The number of amides is 4. The lowest BCUT2D eigenvalue weighted by atomic mass is 9.84. The predicted molar refractivity (Wildman–Crippen MR) is 281 cm³/mol. The zero-order valence-electron chi connectivity index (χ0n) is 45.8. The molecule has 35 heteroatoms. The molecule has 84 heavy (non-hydrogen) atoms. The van der Waals surface area contributed by atoms with Crippen molar-refractivity contribution in [3.63, 3.8) is 0 Å². The Balaban J connectivity index is 7.77. The van der Waals surface area contributed by atoms with Gasteiger partial charge in [0.05, 0.1) is 92.6 Å². The Morgan fingerprint density at radius 3 is 0.798 bits per heavy atom. The first-order valence-corrected chi connectivity index (χ1v) is 26.9. The molecule has 20 atom stereocenters. The molecule has 0 aromatic rings. The molecule has 0 rings (SSSR count). The molecule has 0 saturated carbocycles. The van der Waals surface area contributed by atoms with E-state index in [4.69, 9.17) is 0 Å². The zero-order chi connectivity index (χ0) is 65.0. The van der Waals surface area contributed by atoms with Crippen molar-refractivity contribution in [1.82, 2.24) is 21.3 Å². The Kier molecular flexibility index (Phi) is 36.9. The molecule has 0 aromatic heterocycles. The number of carbonyl (C=O) groups excluding carboxylic acids is 8. The third kappa shape index (κ3) is 26.1. The Labute approximate surface area is 484 Å². The van der Waals surface area contributed by atoms with Gasteiger partial charge in [-0.3, -0.25) is 52.7 Å². The van der Waals surface area contributed by atoms with Crippen molar-refractivity contribution in [2.75, 3.05) is 32.2 Å². The van der Waals surface area contributed by atoms with Crippen molar-refractivity contribution in [1.29, 1.82) is 0 Å². The first-order valence-electron chi connectivity index (χ1n) is 26.3. The van der Waals surface area contributed by atoms with Gasteiger partial charge in [-0.15, -0.1) is 0 Å². The lowest BCUT2D eigenvalue weighted by molar-refractivity contribution is -0.148. The lowest BCUT2D eigenvalue weighted by Crippen LogP contribution is -2.55. The number of thiol groups is 1. The number of aliphatic hydroxyl groups is 16. The minimum absolute atomic E-state index is 0.0344. The van der Waals surface area contributed by atoms with Crippen LogP contribution in [0.1, 0.15) is 84.5 Å². The minimum Gasteiger partial charge on any atom is -0.481 e. The third-order valence-electron chi connectivity index (χ3n) is 13.5. The van der Waals surface area contributed by atoms with Gasteiger partial charge < -0.3 is 118 Å². The summed E-state index contributed by atoms with van der Waals surface area (Å²) in [5, 5.41) is 202. The molecule has 4 amide bonds. The van der Waals surface area contributed by atoms with E-state index < -0.39 is 276 Å². The number of aliphatic carboxylic acids is 3. The van der Waals surface area contributed by atoms with Crippen molar-refractivity contribution in [3.8, 4) is 0 Å². The summed E-state index contributed by atoms with van der Waals surface area (Å²) in [6, 6.07) is -7.30. The summed E-state index contributed by atoms with van der Waals surface area (Å²) in [5.74, 6) is -25.2. The van der Waals surface area contributed by atoms with Crippen LogP contribution in [0.2, 0.25) is 0 Å². The van der Waals surface area contributed by atoms with Gasteiger partial charge in [0.15, 0.2) is 17.3 Å². The van der Waals surface area contributed by atoms with Gasteiger partial charge >= 0.3 is 17.9 Å². The van der Waals surface area contributed by atoms with Crippen molar-refractivity contribution in [2.45, 2.75) is 182 Å². The number of rotatable bonds is 46. The van der Waals surface area contributed by atoms with Gasteiger partial charge in [0, 0.05) is 63.2 Å². The maximum Gasteiger partial charge on any atom is 0.303 e. The first-order chi connectivity index (χ1) is 39.1. The molecule has 484 valence electrons. The summed E-state index contributed by atoms with van der Waals surface area (Å²) >= 11 is 4.02. The van der Waals surface area contributed by atoms with Crippen LogP contribution in [0.3, 0.4) is 0 Å². The van der Waals surface area contributed by atoms with Crippen LogP contribution in [-0.2, 0) is 52.7 Å². The standard InChI is InChI=1S/C49H82N4O30S/c1-3-20(58)10-21(38(72)42(76)31(62)14-54)47(81)51-25(4-7-35(66)67)29(60)12-23(40(74)44(78)33(64)16-56)49(83)53-27(6-9-37(70)71)30(61)13-24(41(75)45(79)34(65)17-57)48(82)52-26(5-8-36(68)69)28(59)11-22(46(80)50-19(2)18-84)39(73)43(77)32(63)15-55/h19,21-27,31-34,38-45,54-57,62-65,72-79,84H,3-18H2,1-2H3,(H,50,80)(H,51,81)(H,52,82)(H,53,83)(H,66,67)(H,68,69)(H,70,71)/t19-,21-,22-,23-,24-,25+,26+,27+,31-,32-,33-,34-,38-,39-,40-,41-,42-,43-,44-,45-/m1/s1. The number of carboxylic acid groups (broad SMARTS) is 3. The van der Waals surface area contributed by atoms with Crippen LogP contribution < -0.4 is 21.3 Å². The van der Waals surface area contributed by atoms with Crippen molar-refractivity contribution in [2.24, 2.45) is 23.7 Å². The zero-order valence-corrected chi connectivity index (χ0v) is 46.7. The van der Waals surface area contributed by atoms with Crippen molar-refractivity contribution >= 4 is 77.3 Å². The number of hydrogen-bond donors (Lipinski definition) is 24. The number of carboxylic acids is 3.